The maximum Gasteiger partial charge on any atom is 0.227 e. The lowest BCUT2D eigenvalue weighted by Crippen LogP contribution is -2.21. The van der Waals surface area contributed by atoms with Crippen LogP contribution in [0.4, 0.5) is 5.95 Å². The van der Waals surface area contributed by atoms with E-state index >= 15 is 0 Å². The number of rotatable bonds is 2. The molecule has 0 atom stereocenters. The molecule has 0 radical (unpaired) electrons. The summed E-state index contributed by atoms with van der Waals surface area (Å²) in [6.07, 6.45) is 2.30. The van der Waals surface area contributed by atoms with Crippen molar-refractivity contribution in [2.45, 2.75) is 12.8 Å². The van der Waals surface area contributed by atoms with E-state index in [4.69, 9.17) is 16.9 Å². The van der Waals surface area contributed by atoms with Gasteiger partial charge in [-0.05, 0) is 25.0 Å². The van der Waals surface area contributed by atoms with Crippen molar-refractivity contribution >= 4 is 17.5 Å². The monoisotopic (exact) mass is 284 g/mol. The molecule has 5 heteroatoms. The summed E-state index contributed by atoms with van der Waals surface area (Å²) in [4.78, 5) is 11.0. The van der Waals surface area contributed by atoms with Gasteiger partial charge in [0.1, 0.15) is 11.8 Å². The van der Waals surface area contributed by atoms with E-state index < -0.39 is 0 Å². The first-order valence-electron chi connectivity index (χ1n) is 6.56. The maximum atomic E-state index is 9.14. The Kier molecular flexibility index (Phi) is 3.53. The molecule has 1 aromatic heterocycles. The summed E-state index contributed by atoms with van der Waals surface area (Å²) in [6, 6.07) is 11.3. The first-order chi connectivity index (χ1) is 9.76. The van der Waals surface area contributed by atoms with Gasteiger partial charge in [0.05, 0.1) is 5.69 Å². The van der Waals surface area contributed by atoms with E-state index in [0.29, 0.717) is 16.7 Å². The number of nitrogens with zero attached hydrogens (tertiary/aromatic N) is 4. The van der Waals surface area contributed by atoms with E-state index in [2.05, 4.69) is 20.9 Å². The highest BCUT2D eigenvalue weighted by Crippen LogP contribution is 2.24. The third-order valence-corrected chi connectivity index (χ3v) is 3.61. The fraction of sp³-hybridized carbons (Fsp3) is 0.267. The van der Waals surface area contributed by atoms with Crippen molar-refractivity contribution in [2.75, 3.05) is 18.0 Å². The molecule has 4 nitrogen and oxygen atoms in total. The third-order valence-electron chi connectivity index (χ3n) is 3.36. The number of nitriles is 1. The van der Waals surface area contributed by atoms with Crippen molar-refractivity contribution in [1.29, 1.82) is 5.26 Å². The number of hydrogen-bond donors (Lipinski definition) is 0. The Bertz CT molecular complexity index is 655. The molecule has 2 aromatic rings. The molecule has 20 heavy (non-hydrogen) atoms. The summed E-state index contributed by atoms with van der Waals surface area (Å²) in [5.74, 6) is 0.645. The van der Waals surface area contributed by atoms with Crippen LogP contribution in [0, 0.1) is 11.3 Å². The topological polar surface area (TPSA) is 52.8 Å². The molecule has 0 amide bonds. The normalized spacial score (nSPS) is 14.3. The number of hydrogen-bond acceptors (Lipinski definition) is 4. The molecule has 0 spiro atoms. The predicted molar refractivity (Wildman–Crippen MR) is 78.6 cm³/mol. The number of benzene rings is 1. The van der Waals surface area contributed by atoms with Gasteiger partial charge in [-0.15, -0.1) is 0 Å². The van der Waals surface area contributed by atoms with E-state index in [0.717, 1.165) is 37.2 Å². The van der Waals surface area contributed by atoms with Gasteiger partial charge in [0.15, 0.2) is 0 Å². The molecule has 1 aromatic carbocycles. The number of aromatic nitrogens is 2. The zero-order valence-electron chi connectivity index (χ0n) is 10.9. The van der Waals surface area contributed by atoms with Gasteiger partial charge in [-0.1, -0.05) is 23.7 Å². The fourth-order valence-electron chi connectivity index (χ4n) is 2.32. The molecule has 3 rings (SSSR count). The van der Waals surface area contributed by atoms with Crippen molar-refractivity contribution in [2.24, 2.45) is 0 Å². The summed E-state index contributed by atoms with van der Waals surface area (Å²) in [5.41, 5.74) is 2.09. The smallest absolute Gasteiger partial charge is 0.227 e. The second-order valence-corrected chi connectivity index (χ2v) is 5.19. The summed E-state index contributed by atoms with van der Waals surface area (Å²) >= 11 is 5.90. The minimum Gasteiger partial charge on any atom is -0.341 e. The lowest BCUT2D eigenvalue weighted by Gasteiger charge is -2.16. The van der Waals surface area contributed by atoms with Gasteiger partial charge in [0.25, 0.3) is 0 Å². The number of anilines is 1. The highest BCUT2D eigenvalue weighted by Gasteiger charge is 2.17. The summed E-state index contributed by atoms with van der Waals surface area (Å²) in [7, 11) is 0. The second kappa shape index (κ2) is 5.48. The van der Waals surface area contributed by atoms with Crippen LogP contribution < -0.4 is 4.90 Å². The Hall–Kier alpha value is -2.12. The SMILES string of the molecule is N#Cc1cc(-c2ccc(Cl)cc2)nc(N2CCCC2)n1. The summed E-state index contributed by atoms with van der Waals surface area (Å²) in [6.45, 7) is 1.91. The Morgan fingerprint density at radius 3 is 2.45 bits per heavy atom. The van der Waals surface area contributed by atoms with E-state index in [1.807, 2.05) is 24.3 Å². The average molecular weight is 285 g/mol. The first-order valence-corrected chi connectivity index (χ1v) is 6.94. The Balaban J connectivity index is 2.04. The van der Waals surface area contributed by atoms with Gasteiger partial charge in [0, 0.05) is 29.7 Å². The largest absolute Gasteiger partial charge is 0.341 e. The van der Waals surface area contributed by atoms with E-state index in [1.54, 1.807) is 6.07 Å². The first kappa shape index (κ1) is 12.9. The van der Waals surface area contributed by atoms with E-state index in [9.17, 15) is 0 Å². The van der Waals surface area contributed by atoms with Crippen LogP contribution in [0.1, 0.15) is 18.5 Å². The summed E-state index contributed by atoms with van der Waals surface area (Å²) < 4.78 is 0. The van der Waals surface area contributed by atoms with Crippen LogP contribution in [0.5, 0.6) is 0 Å². The van der Waals surface area contributed by atoms with Crippen LogP contribution in [0.3, 0.4) is 0 Å². The van der Waals surface area contributed by atoms with Gasteiger partial charge in [-0.3, -0.25) is 0 Å². The lowest BCUT2D eigenvalue weighted by molar-refractivity contribution is 0.896. The van der Waals surface area contributed by atoms with Crippen LogP contribution in [0.15, 0.2) is 30.3 Å². The summed E-state index contributed by atoms with van der Waals surface area (Å²) in [5, 5.41) is 9.82. The molecule has 1 aliphatic rings. The van der Waals surface area contributed by atoms with Crippen molar-refractivity contribution < 1.29 is 0 Å². The Morgan fingerprint density at radius 2 is 1.80 bits per heavy atom. The highest BCUT2D eigenvalue weighted by molar-refractivity contribution is 6.30. The van der Waals surface area contributed by atoms with E-state index in [-0.39, 0.29) is 0 Å². The molecule has 2 heterocycles. The molecule has 100 valence electrons. The molecule has 1 saturated heterocycles. The van der Waals surface area contributed by atoms with Crippen LogP contribution in [0.2, 0.25) is 5.02 Å². The number of halogens is 1. The van der Waals surface area contributed by atoms with Gasteiger partial charge in [-0.2, -0.15) is 5.26 Å². The minimum atomic E-state index is 0.395. The van der Waals surface area contributed by atoms with E-state index in [1.165, 1.54) is 0 Å². The van der Waals surface area contributed by atoms with Gasteiger partial charge in [-0.25, -0.2) is 9.97 Å². The third kappa shape index (κ3) is 2.59. The fourth-order valence-corrected chi connectivity index (χ4v) is 2.44. The molecular formula is C15H13ClN4. The predicted octanol–water partition coefficient (Wildman–Crippen LogP) is 3.27. The second-order valence-electron chi connectivity index (χ2n) is 4.75. The van der Waals surface area contributed by atoms with Crippen molar-refractivity contribution in [1.82, 2.24) is 9.97 Å². The molecule has 0 aliphatic carbocycles. The van der Waals surface area contributed by atoms with Crippen molar-refractivity contribution in [3.05, 3.63) is 41.0 Å². The maximum absolute atomic E-state index is 9.14. The molecule has 1 aliphatic heterocycles. The highest BCUT2D eigenvalue weighted by atomic mass is 35.5. The molecule has 0 unspecified atom stereocenters. The molecular weight excluding hydrogens is 272 g/mol. The Labute approximate surface area is 122 Å². The van der Waals surface area contributed by atoms with Crippen LogP contribution in [-0.2, 0) is 0 Å². The molecule has 0 N–H and O–H groups in total. The van der Waals surface area contributed by atoms with Crippen LogP contribution in [-0.4, -0.2) is 23.1 Å². The zero-order chi connectivity index (χ0) is 13.9. The molecule has 0 saturated carbocycles. The van der Waals surface area contributed by atoms with Crippen molar-refractivity contribution in [3.63, 3.8) is 0 Å². The molecule has 0 bridgehead atoms. The zero-order valence-corrected chi connectivity index (χ0v) is 11.6. The lowest BCUT2D eigenvalue weighted by atomic mass is 10.1. The average Bonchev–Trinajstić information content (AvgIpc) is 3.02. The van der Waals surface area contributed by atoms with Gasteiger partial charge >= 0.3 is 0 Å². The van der Waals surface area contributed by atoms with Crippen molar-refractivity contribution in [3.8, 4) is 17.3 Å². The van der Waals surface area contributed by atoms with Crippen LogP contribution in [0.25, 0.3) is 11.3 Å². The quantitative estimate of drug-likeness (QED) is 0.849. The van der Waals surface area contributed by atoms with Gasteiger partial charge in [0.2, 0.25) is 5.95 Å². The minimum absolute atomic E-state index is 0.395. The van der Waals surface area contributed by atoms with Crippen LogP contribution >= 0.6 is 11.6 Å². The molecule has 1 fully saturated rings. The Morgan fingerprint density at radius 1 is 1.10 bits per heavy atom. The van der Waals surface area contributed by atoms with Gasteiger partial charge < -0.3 is 4.90 Å². The standard InChI is InChI=1S/C15H13ClN4/c16-12-5-3-11(4-6-12)14-9-13(10-17)18-15(19-14)20-7-1-2-8-20/h3-6,9H,1-2,7-8H2.